The molecule has 0 aliphatic carbocycles. The molecule has 0 aliphatic rings. The lowest BCUT2D eigenvalue weighted by Gasteiger charge is -2.24. The van der Waals surface area contributed by atoms with Gasteiger partial charge in [-0.15, -0.1) is 0 Å². The van der Waals surface area contributed by atoms with Crippen molar-refractivity contribution in [2.75, 3.05) is 19.7 Å². The highest BCUT2D eigenvalue weighted by Gasteiger charge is 2.10. The molecule has 0 amide bonds. The minimum Gasteiger partial charge on any atom is -0.396 e. The molecule has 1 rings (SSSR count). The predicted molar refractivity (Wildman–Crippen MR) is 69.7 cm³/mol. The van der Waals surface area contributed by atoms with Crippen molar-refractivity contribution in [3.05, 3.63) is 35.9 Å². The Kier molecular flexibility index (Phi) is 6.86. The SMILES string of the molecule is CCC(O)CN(CCCO)Cc1ccccc1. The van der Waals surface area contributed by atoms with E-state index in [2.05, 4.69) is 17.0 Å². The zero-order valence-electron chi connectivity index (χ0n) is 10.5. The van der Waals surface area contributed by atoms with Crippen molar-refractivity contribution in [1.29, 1.82) is 0 Å². The summed E-state index contributed by atoms with van der Waals surface area (Å²) in [4.78, 5) is 2.19. The van der Waals surface area contributed by atoms with Crippen LogP contribution in [0.5, 0.6) is 0 Å². The van der Waals surface area contributed by atoms with Crippen LogP contribution in [0.3, 0.4) is 0 Å². The molecular weight excluding hydrogens is 214 g/mol. The van der Waals surface area contributed by atoms with Crippen LogP contribution in [0, 0.1) is 0 Å². The Balaban J connectivity index is 2.50. The zero-order valence-corrected chi connectivity index (χ0v) is 10.5. The van der Waals surface area contributed by atoms with Crippen LogP contribution in [0.2, 0.25) is 0 Å². The number of hydrogen-bond donors (Lipinski definition) is 2. The number of nitrogens with zero attached hydrogens (tertiary/aromatic N) is 1. The summed E-state index contributed by atoms with van der Waals surface area (Å²) in [6.45, 7) is 4.51. The number of hydrogen-bond acceptors (Lipinski definition) is 3. The van der Waals surface area contributed by atoms with Crippen molar-refractivity contribution in [2.24, 2.45) is 0 Å². The predicted octanol–water partition coefficient (Wildman–Crippen LogP) is 1.64. The van der Waals surface area contributed by atoms with Crippen LogP contribution in [0.4, 0.5) is 0 Å². The van der Waals surface area contributed by atoms with E-state index < -0.39 is 0 Å². The maximum absolute atomic E-state index is 9.70. The van der Waals surface area contributed by atoms with Gasteiger partial charge in [0.2, 0.25) is 0 Å². The van der Waals surface area contributed by atoms with Gasteiger partial charge in [0.1, 0.15) is 0 Å². The standard InChI is InChI=1S/C14H23NO2/c1-2-14(17)12-15(9-6-10-16)11-13-7-4-3-5-8-13/h3-5,7-8,14,16-17H,2,6,9-12H2,1H3. The fraction of sp³-hybridized carbons (Fsp3) is 0.571. The van der Waals surface area contributed by atoms with E-state index in [4.69, 9.17) is 5.11 Å². The molecular formula is C14H23NO2. The third-order valence-corrected chi connectivity index (χ3v) is 2.82. The van der Waals surface area contributed by atoms with Crippen molar-refractivity contribution >= 4 is 0 Å². The Bertz CT molecular complexity index is 290. The summed E-state index contributed by atoms with van der Waals surface area (Å²) < 4.78 is 0. The van der Waals surface area contributed by atoms with Gasteiger partial charge in [-0.05, 0) is 18.4 Å². The summed E-state index contributed by atoms with van der Waals surface area (Å²) >= 11 is 0. The third kappa shape index (κ3) is 5.82. The molecule has 1 aromatic rings. The van der Waals surface area contributed by atoms with E-state index in [1.807, 2.05) is 25.1 Å². The summed E-state index contributed by atoms with van der Waals surface area (Å²) in [6, 6.07) is 10.2. The largest absolute Gasteiger partial charge is 0.396 e. The van der Waals surface area contributed by atoms with Gasteiger partial charge < -0.3 is 10.2 Å². The fourth-order valence-electron chi connectivity index (χ4n) is 1.80. The van der Waals surface area contributed by atoms with Gasteiger partial charge in [0.15, 0.2) is 0 Å². The monoisotopic (exact) mass is 237 g/mol. The molecule has 1 atom stereocenters. The molecule has 1 aromatic carbocycles. The normalized spacial score (nSPS) is 12.9. The number of benzene rings is 1. The molecule has 2 N–H and O–H groups in total. The number of aliphatic hydroxyl groups excluding tert-OH is 2. The van der Waals surface area contributed by atoms with Gasteiger partial charge in [0, 0.05) is 26.2 Å². The van der Waals surface area contributed by atoms with Crippen LogP contribution in [-0.2, 0) is 6.54 Å². The smallest absolute Gasteiger partial charge is 0.0664 e. The molecule has 0 saturated heterocycles. The first kappa shape index (κ1) is 14.2. The minimum atomic E-state index is -0.280. The molecule has 1 unspecified atom stereocenters. The van der Waals surface area contributed by atoms with Crippen molar-refractivity contribution in [2.45, 2.75) is 32.4 Å². The van der Waals surface area contributed by atoms with E-state index in [0.717, 1.165) is 25.9 Å². The van der Waals surface area contributed by atoms with Gasteiger partial charge in [0.05, 0.1) is 6.10 Å². The van der Waals surface area contributed by atoms with Gasteiger partial charge in [-0.25, -0.2) is 0 Å². The first-order valence-corrected chi connectivity index (χ1v) is 6.31. The van der Waals surface area contributed by atoms with E-state index in [1.54, 1.807) is 0 Å². The Morgan fingerprint density at radius 3 is 2.53 bits per heavy atom. The molecule has 3 heteroatoms. The first-order valence-electron chi connectivity index (χ1n) is 6.31. The van der Waals surface area contributed by atoms with E-state index in [0.29, 0.717) is 6.54 Å². The second-order valence-corrected chi connectivity index (χ2v) is 4.36. The molecule has 0 saturated carbocycles. The van der Waals surface area contributed by atoms with Gasteiger partial charge in [-0.2, -0.15) is 0 Å². The lowest BCUT2D eigenvalue weighted by molar-refractivity contribution is 0.101. The molecule has 0 aliphatic heterocycles. The summed E-state index contributed by atoms with van der Waals surface area (Å²) in [5.74, 6) is 0. The Morgan fingerprint density at radius 2 is 1.94 bits per heavy atom. The molecule has 0 spiro atoms. The van der Waals surface area contributed by atoms with Crippen LogP contribution < -0.4 is 0 Å². The Morgan fingerprint density at radius 1 is 1.24 bits per heavy atom. The molecule has 0 heterocycles. The highest BCUT2D eigenvalue weighted by atomic mass is 16.3. The second-order valence-electron chi connectivity index (χ2n) is 4.36. The van der Waals surface area contributed by atoms with Crippen LogP contribution in [0.15, 0.2) is 30.3 Å². The lowest BCUT2D eigenvalue weighted by atomic mass is 10.2. The third-order valence-electron chi connectivity index (χ3n) is 2.82. The molecule has 0 fully saturated rings. The second kappa shape index (κ2) is 8.23. The van der Waals surface area contributed by atoms with Crippen LogP contribution in [0.25, 0.3) is 0 Å². The van der Waals surface area contributed by atoms with Crippen LogP contribution >= 0.6 is 0 Å². The summed E-state index contributed by atoms with van der Waals surface area (Å²) in [5, 5.41) is 18.6. The van der Waals surface area contributed by atoms with E-state index in [9.17, 15) is 5.11 Å². The zero-order chi connectivity index (χ0) is 12.5. The molecule has 3 nitrogen and oxygen atoms in total. The van der Waals surface area contributed by atoms with E-state index in [1.165, 1.54) is 5.56 Å². The molecule has 17 heavy (non-hydrogen) atoms. The molecule has 0 bridgehead atoms. The van der Waals surface area contributed by atoms with E-state index >= 15 is 0 Å². The number of aliphatic hydroxyl groups is 2. The molecule has 96 valence electrons. The quantitative estimate of drug-likeness (QED) is 0.722. The first-order chi connectivity index (χ1) is 8.26. The number of rotatable bonds is 8. The average Bonchev–Trinajstić information content (AvgIpc) is 2.37. The average molecular weight is 237 g/mol. The van der Waals surface area contributed by atoms with Gasteiger partial charge in [0.25, 0.3) is 0 Å². The lowest BCUT2D eigenvalue weighted by Crippen LogP contribution is -2.33. The van der Waals surface area contributed by atoms with Gasteiger partial charge in [-0.3, -0.25) is 4.90 Å². The van der Waals surface area contributed by atoms with Crippen LogP contribution in [-0.4, -0.2) is 40.9 Å². The topological polar surface area (TPSA) is 43.7 Å². The van der Waals surface area contributed by atoms with E-state index in [-0.39, 0.29) is 12.7 Å². The van der Waals surface area contributed by atoms with Crippen LogP contribution in [0.1, 0.15) is 25.3 Å². The summed E-state index contributed by atoms with van der Waals surface area (Å²) in [5.41, 5.74) is 1.24. The Hall–Kier alpha value is -0.900. The Labute approximate surface area is 104 Å². The van der Waals surface area contributed by atoms with Crippen molar-refractivity contribution < 1.29 is 10.2 Å². The summed E-state index contributed by atoms with van der Waals surface area (Å²) in [7, 11) is 0. The molecule has 0 aromatic heterocycles. The van der Waals surface area contributed by atoms with Crippen molar-refractivity contribution in [3.8, 4) is 0 Å². The highest BCUT2D eigenvalue weighted by molar-refractivity contribution is 5.14. The van der Waals surface area contributed by atoms with Crippen molar-refractivity contribution in [1.82, 2.24) is 4.90 Å². The molecule has 0 radical (unpaired) electrons. The van der Waals surface area contributed by atoms with Crippen molar-refractivity contribution in [3.63, 3.8) is 0 Å². The maximum atomic E-state index is 9.70. The van der Waals surface area contributed by atoms with Gasteiger partial charge >= 0.3 is 0 Å². The van der Waals surface area contributed by atoms with Gasteiger partial charge in [-0.1, -0.05) is 37.3 Å². The maximum Gasteiger partial charge on any atom is 0.0664 e. The summed E-state index contributed by atoms with van der Waals surface area (Å²) in [6.07, 6.45) is 1.24. The fourth-order valence-corrected chi connectivity index (χ4v) is 1.80. The minimum absolute atomic E-state index is 0.202. The highest BCUT2D eigenvalue weighted by Crippen LogP contribution is 2.06.